The molecular formula is C22H31NO3. The molecule has 0 saturated heterocycles. The highest BCUT2D eigenvalue weighted by atomic mass is 16.5. The first-order valence-electron chi connectivity index (χ1n) is 9.97. The second kappa shape index (κ2) is 10.2. The molecule has 0 aromatic heterocycles. The van der Waals surface area contributed by atoms with Crippen LogP contribution in [0.15, 0.2) is 24.3 Å². The maximum Gasteiger partial charge on any atom is 0.338 e. The lowest BCUT2D eigenvalue weighted by Gasteiger charge is -2.34. The lowest BCUT2D eigenvalue weighted by Crippen LogP contribution is -2.31. The molecule has 0 spiro atoms. The minimum Gasteiger partial charge on any atom is -0.494 e. The number of carbonyl (C=O) groups excluding carboxylic acids is 1. The van der Waals surface area contributed by atoms with Crippen molar-refractivity contribution in [2.75, 3.05) is 6.61 Å². The van der Waals surface area contributed by atoms with Gasteiger partial charge in [-0.1, -0.05) is 33.1 Å². The smallest absolute Gasteiger partial charge is 0.338 e. The Kier molecular flexibility index (Phi) is 7.97. The maximum absolute atomic E-state index is 12.4. The summed E-state index contributed by atoms with van der Waals surface area (Å²) in [6.07, 6.45) is 8.40. The largest absolute Gasteiger partial charge is 0.494 e. The van der Waals surface area contributed by atoms with E-state index in [1.54, 1.807) is 12.1 Å². The van der Waals surface area contributed by atoms with E-state index in [0.717, 1.165) is 63.5 Å². The summed E-state index contributed by atoms with van der Waals surface area (Å²) in [5.74, 6) is 0.496. The zero-order valence-corrected chi connectivity index (χ0v) is 16.1. The average molecular weight is 357 g/mol. The Balaban J connectivity index is 1.82. The van der Waals surface area contributed by atoms with Crippen LogP contribution in [0.3, 0.4) is 0 Å². The first-order chi connectivity index (χ1) is 12.6. The van der Waals surface area contributed by atoms with Gasteiger partial charge in [0.15, 0.2) is 0 Å². The molecule has 26 heavy (non-hydrogen) atoms. The van der Waals surface area contributed by atoms with Crippen LogP contribution in [0.4, 0.5) is 0 Å². The van der Waals surface area contributed by atoms with Crippen molar-refractivity contribution in [2.45, 2.75) is 77.7 Å². The van der Waals surface area contributed by atoms with E-state index in [1.807, 2.05) is 12.1 Å². The van der Waals surface area contributed by atoms with Gasteiger partial charge >= 0.3 is 5.97 Å². The summed E-state index contributed by atoms with van der Waals surface area (Å²) in [4.78, 5) is 12.4. The van der Waals surface area contributed by atoms with Crippen molar-refractivity contribution in [1.82, 2.24) is 0 Å². The van der Waals surface area contributed by atoms with E-state index in [1.165, 1.54) is 0 Å². The van der Waals surface area contributed by atoms with Gasteiger partial charge in [0.25, 0.3) is 0 Å². The molecule has 0 radical (unpaired) electrons. The minimum atomic E-state index is -0.284. The van der Waals surface area contributed by atoms with Crippen LogP contribution < -0.4 is 4.74 Å². The molecule has 1 fully saturated rings. The molecule has 4 nitrogen and oxygen atoms in total. The molecular weight excluding hydrogens is 326 g/mol. The van der Waals surface area contributed by atoms with Gasteiger partial charge < -0.3 is 9.47 Å². The Labute approximate surface area is 157 Å². The van der Waals surface area contributed by atoms with Gasteiger partial charge in [0.1, 0.15) is 11.9 Å². The molecule has 1 saturated carbocycles. The Morgan fingerprint density at radius 3 is 2.38 bits per heavy atom. The number of carbonyl (C=O) groups is 1. The minimum absolute atomic E-state index is 0.0777. The molecule has 1 aromatic rings. The third kappa shape index (κ3) is 5.76. The van der Waals surface area contributed by atoms with Crippen LogP contribution in [0.5, 0.6) is 5.75 Å². The van der Waals surface area contributed by atoms with Crippen molar-refractivity contribution < 1.29 is 14.3 Å². The number of nitrogens with zero attached hydrogens (tertiary/aromatic N) is 1. The number of rotatable bonds is 9. The lowest BCUT2D eigenvalue weighted by atomic mass is 9.71. The summed E-state index contributed by atoms with van der Waals surface area (Å²) in [6.45, 7) is 4.97. The summed E-state index contributed by atoms with van der Waals surface area (Å²) in [7, 11) is 0. The van der Waals surface area contributed by atoms with E-state index < -0.39 is 0 Å². The molecule has 0 atom stereocenters. The zero-order valence-electron chi connectivity index (χ0n) is 16.1. The fourth-order valence-corrected chi connectivity index (χ4v) is 3.44. The highest BCUT2D eigenvalue weighted by Gasteiger charge is 2.36. The van der Waals surface area contributed by atoms with Gasteiger partial charge in [0, 0.05) is 0 Å². The Bertz CT molecular complexity index is 595. The monoisotopic (exact) mass is 357 g/mol. The number of ether oxygens (including phenoxy) is 2. The molecule has 0 amide bonds. The summed E-state index contributed by atoms with van der Waals surface area (Å²) in [5, 5.41) is 9.55. The highest BCUT2D eigenvalue weighted by molar-refractivity contribution is 5.89. The van der Waals surface area contributed by atoms with E-state index in [4.69, 9.17) is 9.47 Å². The SMILES string of the molecule is CCCCOc1ccc(C(=O)O[C@H]2CC[C@](C#N)(CCCC)CC2)cc1. The number of nitriles is 1. The normalized spacial score (nSPS) is 22.4. The van der Waals surface area contributed by atoms with E-state index in [-0.39, 0.29) is 17.5 Å². The number of benzene rings is 1. The van der Waals surface area contributed by atoms with Crippen LogP contribution in [-0.4, -0.2) is 18.7 Å². The predicted molar refractivity (Wildman–Crippen MR) is 102 cm³/mol. The van der Waals surface area contributed by atoms with Crippen LogP contribution >= 0.6 is 0 Å². The van der Waals surface area contributed by atoms with Crippen LogP contribution in [0.25, 0.3) is 0 Å². The van der Waals surface area contributed by atoms with E-state index in [0.29, 0.717) is 12.2 Å². The van der Waals surface area contributed by atoms with Crippen LogP contribution in [0.2, 0.25) is 0 Å². The van der Waals surface area contributed by atoms with Gasteiger partial charge in [0.2, 0.25) is 0 Å². The van der Waals surface area contributed by atoms with Crippen molar-refractivity contribution in [3.8, 4) is 11.8 Å². The van der Waals surface area contributed by atoms with Gasteiger partial charge in [-0.05, 0) is 62.8 Å². The van der Waals surface area contributed by atoms with Crippen LogP contribution in [0, 0.1) is 16.7 Å². The van der Waals surface area contributed by atoms with Gasteiger partial charge in [-0.25, -0.2) is 4.79 Å². The molecule has 1 aromatic carbocycles. The topological polar surface area (TPSA) is 59.3 Å². The Hall–Kier alpha value is -2.02. The predicted octanol–water partition coefficient (Wildman–Crippen LogP) is 5.67. The van der Waals surface area contributed by atoms with Crippen LogP contribution in [0.1, 0.15) is 82.0 Å². The molecule has 2 rings (SSSR count). The summed E-state index contributed by atoms with van der Waals surface area (Å²) < 4.78 is 11.3. The number of unbranched alkanes of at least 4 members (excludes halogenated alkanes) is 2. The summed E-state index contributed by atoms with van der Waals surface area (Å²) >= 11 is 0. The van der Waals surface area contributed by atoms with Gasteiger partial charge in [0.05, 0.1) is 23.7 Å². The van der Waals surface area contributed by atoms with Crippen LogP contribution in [-0.2, 0) is 4.74 Å². The summed E-state index contributed by atoms with van der Waals surface area (Å²) in [6, 6.07) is 9.68. The fourth-order valence-electron chi connectivity index (χ4n) is 3.44. The Morgan fingerprint density at radius 1 is 1.15 bits per heavy atom. The molecule has 4 heteroatoms. The second-order valence-electron chi connectivity index (χ2n) is 7.33. The number of hydrogen-bond donors (Lipinski definition) is 0. The fraction of sp³-hybridized carbons (Fsp3) is 0.636. The van der Waals surface area contributed by atoms with Crippen molar-refractivity contribution in [2.24, 2.45) is 5.41 Å². The van der Waals surface area contributed by atoms with Crippen molar-refractivity contribution in [1.29, 1.82) is 5.26 Å². The molecule has 142 valence electrons. The van der Waals surface area contributed by atoms with E-state index >= 15 is 0 Å². The van der Waals surface area contributed by atoms with Gasteiger partial charge in [-0.15, -0.1) is 0 Å². The average Bonchev–Trinajstić information content (AvgIpc) is 2.68. The number of esters is 1. The number of hydrogen-bond acceptors (Lipinski definition) is 4. The summed E-state index contributed by atoms with van der Waals surface area (Å²) in [5.41, 5.74) is 0.340. The van der Waals surface area contributed by atoms with E-state index in [9.17, 15) is 10.1 Å². The highest BCUT2D eigenvalue weighted by Crippen LogP contribution is 2.41. The van der Waals surface area contributed by atoms with Crippen molar-refractivity contribution in [3.05, 3.63) is 29.8 Å². The van der Waals surface area contributed by atoms with Crippen molar-refractivity contribution >= 4 is 5.97 Å². The molecule has 0 unspecified atom stereocenters. The first kappa shape index (κ1) is 20.3. The molecule has 0 N–H and O–H groups in total. The molecule has 0 bridgehead atoms. The first-order valence-corrected chi connectivity index (χ1v) is 9.97. The third-order valence-electron chi connectivity index (χ3n) is 5.27. The van der Waals surface area contributed by atoms with Gasteiger partial charge in [-0.3, -0.25) is 0 Å². The standard InChI is InChI=1S/C22H31NO3/c1-3-5-13-22(17-23)14-11-20(12-15-22)26-21(24)18-7-9-19(10-8-18)25-16-6-4-2/h7-10,20H,3-6,11-16H2,1-2H3/t20-,22+. The Morgan fingerprint density at radius 2 is 1.81 bits per heavy atom. The molecule has 1 aliphatic carbocycles. The van der Waals surface area contributed by atoms with Crippen molar-refractivity contribution in [3.63, 3.8) is 0 Å². The zero-order chi connectivity index (χ0) is 18.8. The molecule has 0 aliphatic heterocycles. The quantitative estimate of drug-likeness (QED) is 0.422. The third-order valence-corrected chi connectivity index (χ3v) is 5.27. The van der Waals surface area contributed by atoms with E-state index in [2.05, 4.69) is 19.9 Å². The van der Waals surface area contributed by atoms with Gasteiger partial charge in [-0.2, -0.15) is 5.26 Å². The molecule has 1 aliphatic rings. The molecule has 0 heterocycles. The second-order valence-corrected chi connectivity index (χ2v) is 7.33. The maximum atomic E-state index is 12.4. The lowest BCUT2D eigenvalue weighted by molar-refractivity contribution is 0.0105.